The van der Waals surface area contributed by atoms with E-state index in [9.17, 15) is 0 Å². The van der Waals surface area contributed by atoms with Crippen LogP contribution in [0.3, 0.4) is 0 Å². The smallest absolute Gasteiger partial charge is 0.193 e. The molecular formula is C13H28IN3O2. The second-order valence-corrected chi connectivity index (χ2v) is 5.41. The average molecular weight is 385 g/mol. The molecule has 0 aromatic rings. The first-order valence-corrected chi connectivity index (χ1v) is 6.61. The summed E-state index contributed by atoms with van der Waals surface area (Å²) in [5, 5.41) is 3.34. The standard InChI is InChI=1S/C13H27N3O2.HI/c1-13(2)5-7-16(11-13)12(14-3)15-6-8-18-10-9-17-4;/h5-11H2,1-4H3,(H,14,15);1H. The number of hydrogen-bond donors (Lipinski definition) is 1. The highest BCUT2D eigenvalue weighted by atomic mass is 127. The van der Waals surface area contributed by atoms with Crippen molar-refractivity contribution in [1.82, 2.24) is 10.2 Å². The zero-order valence-corrected chi connectivity index (χ0v) is 14.9. The molecule has 0 unspecified atom stereocenters. The van der Waals surface area contributed by atoms with E-state index in [-0.39, 0.29) is 24.0 Å². The van der Waals surface area contributed by atoms with E-state index in [1.54, 1.807) is 7.11 Å². The van der Waals surface area contributed by atoms with Gasteiger partial charge in [-0.2, -0.15) is 0 Å². The molecule has 0 saturated carbocycles. The van der Waals surface area contributed by atoms with E-state index < -0.39 is 0 Å². The van der Waals surface area contributed by atoms with E-state index >= 15 is 0 Å². The number of ether oxygens (including phenoxy) is 2. The van der Waals surface area contributed by atoms with E-state index in [1.165, 1.54) is 6.42 Å². The van der Waals surface area contributed by atoms with Crippen molar-refractivity contribution in [3.63, 3.8) is 0 Å². The Bertz CT molecular complexity index is 273. The monoisotopic (exact) mass is 385 g/mol. The van der Waals surface area contributed by atoms with Crippen molar-refractivity contribution in [3.8, 4) is 0 Å². The lowest BCUT2D eigenvalue weighted by Crippen LogP contribution is -2.42. The van der Waals surface area contributed by atoms with Crippen molar-refractivity contribution in [2.24, 2.45) is 10.4 Å². The van der Waals surface area contributed by atoms with Crippen LogP contribution in [-0.4, -0.2) is 64.5 Å². The fourth-order valence-corrected chi connectivity index (χ4v) is 2.10. The minimum atomic E-state index is 0. The highest BCUT2D eigenvalue weighted by Crippen LogP contribution is 2.28. The lowest BCUT2D eigenvalue weighted by atomic mass is 9.93. The van der Waals surface area contributed by atoms with Crippen molar-refractivity contribution in [2.75, 3.05) is 53.6 Å². The Morgan fingerprint density at radius 2 is 2.05 bits per heavy atom. The Morgan fingerprint density at radius 1 is 1.32 bits per heavy atom. The largest absolute Gasteiger partial charge is 0.382 e. The molecule has 0 aliphatic carbocycles. The van der Waals surface area contributed by atoms with Gasteiger partial charge in [-0.05, 0) is 11.8 Å². The molecule has 1 saturated heterocycles. The molecule has 0 amide bonds. The zero-order valence-electron chi connectivity index (χ0n) is 12.6. The van der Waals surface area contributed by atoms with Gasteiger partial charge >= 0.3 is 0 Å². The van der Waals surface area contributed by atoms with Crippen LogP contribution in [0.2, 0.25) is 0 Å². The Balaban J connectivity index is 0.00000324. The van der Waals surface area contributed by atoms with E-state index in [0.29, 0.717) is 25.2 Å². The third-order valence-electron chi connectivity index (χ3n) is 3.15. The van der Waals surface area contributed by atoms with Crippen LogP contribution in [-0.2, 0) is 9.47 Å². The molecule has 0 radical (unpaired) electrons. The zero-order chi connectivity index (χ0) is 13.4. The summed E-state index contributed by atoms with van der Waals surface area (Å²) in [4.78, 5) is 6.64. The summed E-state index contributed by atoms with van der Waals surface area (Å²) in [7, 11) is 3.51. The van der Waals surface area contributed by atoms with E-state index in [1.807, 2.05) is 7.05 Å². The van der Waals surface area contributed by atoms with Crippen LogP contribution in [0, 0.1) is 5.41 Å². The predicted molar refractivity (Wildman–Crippen MR) is 89.4 cm³/mol. The highest BCUT2D eigenvalue weighted by Gasteiger charge is 2.30. The first kappa shape index (κ1) is 18.9. The Hall–Kier alpha value is -0.0800. The van der Waals surface area contributed by atoms with Crippen molar-refractivity contribution in [1.29, 1.82) is 0 Å². The van der Waals surface area contributed by atoms with Crippen LogP contribution in [0.15, 0.2) is 4.99 Å². The van der Waals surface area contributed by atoms with Gasteiger partial charge in [0, 0.05) is 33.8 Å². The van der Waals surface area contributed by atoms with Crippen LogP contribution >= 0.6 is 24.0 Å². The number of halogens is 1. The van der Waals surface area contributed by atoms with Crippen molar-refractivity contribution >= 4 is 29.9 Å². The molecule has 0 atom stereocenters. The Morgan fingerprint density at radius 3 is 2.58 bits per heavy atom. The van der Waals surface area contributed by atoms with Gasteiger partial charge in [0.1, 0.15) is 0 Å². The first-order valence-electron chi connectivity index (χ1n) is 6.61. The van der Waals surface area contributed by atoms with Gasteiger partial charge in [0.25, 0.3) is 0 Å². The van der Waals surface area contributed by atoms with Gasteiger partial charge in [0.15, 0.2) is 5.96 Å². The van der Waals surface area contributed by atoms with Crippen LogP contribution in [0.1, 0.15) is 20.3 Å². The van der Waals surface area contributed by atoms with Gasteiger partial charge < -0.3 is 19.7 Å². The molecule has 0 aromatic carbocycles. The molecule has 1 rings (SSSR count). The van der Waals surface area contributed by atoms with Crippen molar-refractivity contribution in [3.05, 3.63) is 0 Å². The lowest BCUT2D eigenvalue weighted by molar-refractivity contribution is 0.0731. The molecule has 1 aliphatic rings. The molecule has 0 spiro atoms. The fraction of sp³-hybridized carbons (Fsp3) is 0.923. The number of guanidine groups is 1. The fourth-order valence-electron chi connectivity index (χ4n) is 2.10. The second-order valence-electron chi connectivity index (χ2n) is 5.41. The maximum Gasteiger partial charge on any atom is 0.193 e. The number of nitrogens with zero attached hydrogens (tertiary/aromatic N) is 2. The topological polar surface area (TPSA) is 46.1 Å². The SMILES string of the molecule is CN=C(NCCOCCOC)N1CCC(C)(C)C1.I. The molecule has 0 aromatic heterocycles. The average Bonchev–Trinajstić information content (AvgIpc) is 2.69. The van der Waals surface area contributed by atoms with Gasteiger partial charge in [-0.15, -0.1) is 24.0 Å². The second kappa shape index (κ2) is 9.77. The summed E-state index contributed by atoms with van der Waals surface area (Å²) < 4.78 is 10.3. The summed E-state index contributed by atoms with van der Waals surface area (Å²) in [5.74, 6) is 0.982. The summed E-state index contributed by atoms with van der Waals surface area (Å²) in [6.45, 7) is 9.51. The van der Waals surface area contributed by atoms with Crippen LogP contribution in [0.5, 0.6) is 0 Å². The molecule has 5 nitrogen and oxygen atoms in total. The molecule has 1 aliphatic heterocycles. The molecule has 114 valence electrons. The normalized spacial score (nSPS) is 18.3. The third kappa shape index (κ3) is 7.31. The minimum absolute atomic E-state index is 0. The van der Waals surface area contributed by atoms with Crippen LogP contribution < -0.4 is 5.32 Å². The van der Waals surface area contributed by atoms with Crippen LogP contribution in [0.25, 0.3) is 0 Å². The summed E-state index contributed by atoms with van der Waals surface area (Å²) >= 11 is 0. The van der Waals surface area contributed by atoms with Crippen molar-refractivity contribution < 1.29 is 9.47 Å². The number of methoxy groups -OCH3 is 1. The van der Waals surface area contributed by atoms with Gasteiger partial charge in [0.05, 0.1) is 19.8 Å². The minimum Gasteiger partial charge on any atom is -0.382 e. The molecule has 1 N–H and O–H groups in total. The maximum absolute atomic E-state index is 5.41. The number of rotatable bonds is 6. The lowest BCUT2D eigenvalue weighted by Gasteiger charge is -2.23. The molecule has 0 bridgehead atoms. The first-order chi connectivity index (χ1) is 8.59. The molecule has 19 heavy (non-hydrogen) atoms. The maximum atomic E-state index is 5.41. The van der Waals surface area contributed by atoms with E-state index in [2.05, 4.69) is 29.1 Å². The quantitative estimate of drug-likeness (QED) is 0.326. The van der Waals surface area contributed by atoms with E-state index in [0.717, 1.165) is 25.6 Å². The molecule has 1 heterocycles. The molecule has 1 fully saturated rings. The van der Waals surface area contributed by atoms with Crippen LogP contribution in [0.4, 0.5) is 0 Å². The molecular weight excluding hydrogens is 357 g/mol. The Kier molecular flexibility index (Phi) is 9.72. The number of nitrogens with one attached hydrogen (secondary N) is 1. The number of likely N-dealkylation sites (tertiary alicyclic amines) is 1. The van der Waals surface area contributed by atoms with Crippen molar-refractivity contribution in [2.45, 2.75) is 20.3 Å². The third-order valence-corrected chi connectivity index (χ3v) is 3.15. The van der Waals surface area contributed by atoms with Gasteiger partial charge in [-0.3, -0.25) is 4.99 Å². The predicted octanol–water partition coefficient (Wildman–Crippen LogP) is 1.57. The van der Waals surface area contributed by atoms with Gasteiger partial charge in [-0.25, -0.2) is 0 Å². The summed E-state index contributed by atoms with van der Waals surface area (Å²) in [5.41, 5.74) is 0.395. The summed E-state index contributed by atoms with van der Waals surface area (Å²) in [6.07, 6.45) is 1.22. The number of hydrogen-bond acceptors (Lipinski definition) is 3. The van der Waals surface area contributed by atoms with E-state index in [4.69, 9.17) is 9.47 Å². The van der Waals surface area contributed by atoms with Gasteiger partial charge in [-0.1, -0.05) is 13.8 Å². The highest BCUT2D eigenvalue weighted by molar-refractivity contribution is 14.0. The Labute approximate surface area is 134 Å². The summed E-state index contributed by atoms with van der Waals surface area (Å²) in [6, 6.07) is 0. The number of aliphatic imine (C=N–C) groups is 1. The van der Waals surface area contributed by atoms with Gasteiger partial charge in [0.2, 0.25) is 0 Å². The molecule has 6 heteroatoms.